The molecule has 0 aliphatic heterocycles. The fraction of sp³-hybridized carbons (Fsp3) is 0.0588. The Morgan fingerprint density at radius 1 is 1.23 bits per heavy atom. The maximum atomic E-state index is 13.0. The molecule has 2 N–H and O–H groups in total. The number of nitrogens with two attached hydrogens (primary N) is 1. The van der Waals surface area contributed by atoms with Crippen molar-refractivity contribution in [3.05, 3.63) is 67.8 Å². The second-order valence-corrected chi connectivity index (χ2v) is 7.63. The number of rotatable bonds is 4. The average molecular weight is 474 g/mol. The zero-order valence-electron chi connectivity index (χ0n) is 14.4. The fourth-order valence-electron chi connectivity index (χ4n) is 2.47. The Morgan fingerprint density at radius 3 is 2.40 bits per heavy atom. The third-order valence-corrected chi connectivity index (χ3v) is 5.46. The van der Waals surface area contributed by atoms with Crippen LogP contribution >= 0.6 is 35.0 Å². The smallest absolute Gasteiger partial charge is 0.383 e. The Labute approximate surface area is 180 Å². The number of alkyl halides is 3. The van der Waals surface area contributed by atoms with E-state index < -0.39 is 16.7 Å². The average Bonchev–Trinajstić information content (AvgIpc) is 2.96. The van der Waals surface area contributed by atoms with Crippen LogP contribution in [0.2, 0.25) is 10.0 Å². The number of nitriles is 1. The zero-order valence-corrected chi connectivity index (χ0v) is 16.8. The van der Waals surface area contributed by atoms with Crippen molar-refractivity contribution in [2.24, 2.45) is 0 Å². The van der Waals surface area contributed by atoms with E-state index in [0.29, 0.717) is 17.0 Å². The molecule has 3 aromatic rings. The SMILES string of the molecule is N#Cc1nn(-c2c(Cl)cc(C(F)(F)F)cc2Cl)c(N)c1Sc1cccc([N+](=O)[O-])c1. The maximum Gasteiger partial charge on any atom is 0.416 e. The van der Waals surface area contributed by atoms with Crippen LogP contribution in [0, 0.1) is 21.4 Å². The molecule has 30 heavy (non-hydrogen) atoms. The molecule has 0 amide bonds. The number of hydrogen-bond donors (Lipinski definition) is 1. The van der Waals surface area contributed by atoms with Crippen LogP contribution in [0.25, 0.3) is 5.69 Å². The van der Waals surface area contributed by atoms with E-state index in [4.69, 9.17) is 28.9 Å². The van der Waals surface area contributed by atoms with E-state index in [0.717, 1.165) is 16.4 Å². The van der Waals surface area contributed by atoms with Gasteiger partial charge in [-0.1, -0.05) is 41.0 Å². The van der Waals surface area contributed by atoms with Crippen molar-refractivity contribution < 1.29 is 18.1 Å². The summed E-state index contributed by atoms with van der Waals surface area (Å²) in [5.74, 6) is -0.119. The monoisotopic (exact) mass is 473 g/mol. The highest BCUT2D eigenvalue weighted by Crippen LogP contribution is 2.41. The minimum absolute atomic E-state index is 0.119. The molecule has 1 heterocycles. The number of anilines is 1. The second kappa shape index (κ2) is 8.06. The Balaban J connectivity index is 2.10. The van der Waals surface area contributed by atoms with Crippen molar-refractivity contribution >= 4 is 46.5 Å². The van der Waals surface area contributed by atoms with Crippen LogP contribution in [0.5, 0.6) is 0 Å². The third kappa shape index (κ3) is 4.16. The predicted octanol–water partition coefficient (Wildman–Crippen LogP) is 5.71. The molecular formula is C17H8Cl2F3N5O2S. The Hall–Kier alpha value is -2.94. The van der Waals surface area contributed by atoms with Gasteiger partial charge in [0.2, 0.25) is 0 Å². The molecule has 0 aliphatic carbocycles. The first-order valence-corrected chi connectivity index (χ1v) is 9.37. The standard InChI is InChI=1S/C17H8Cl2F3N5O2S/c18-11-4-8(17(20,21)22)5-12(19)14(11)26-16(24)15(13(7-23)25-26)30-10-3-1-2-9(6-10)27(28)29/h1-6H,24H2. The predicted molar refractivity (Wildman–Crippen MR) is 105 cm³/mol. The number of non-ortho nitro benzene ring substituents is 1. The van der Waals surface area contributed by atoms with Gasteiger partial charge in [0.1, 0.15) is 17.6 Å². The molecule has 7 nitrogen and oxygen atoms in total. The summed E-state index contributed by atoms with van der Waals surface area (Å²) in [4.78, 5) is 10.9. The van der Waals surface area contributed by atoms with Crippen LogP contribution in [-0.2, 0) is 6.18 Å². The van der Waals surface area contributed by atoms with Crippen LogP contribution in [0.15, 0.2) is 46.2 Å². The van der Waals surface area contributed by atoms with Gasteiger partial charge in [0, 0.05) is 17.0 Å². The highest BCUT2D eigenvalue weighted by atomic mass is 35.5. The summed E-state index contributed by atoms with van der Waals surface area (Å²) >= 11 is 12.9. The molecule has 0 bridgehead atoms. The van der Waals surface area contributed by atoms with Crippen LogP contribution in [-0.4, -0.2) is 14.7 Å². The summed E-state index contributed by atoms with van der Waals surface area (Å²) in [6.45, 7) is 0. The normalized spacial score (nSPS) is 11.3. The van der Waals surface area contributed by atoms with Crippen molar-refractivity contribution in [1.82, 2.24) is 9.78 Å². The minimum Gasteiger partial charge on any atom is -0.383 e. The van der Waals surface area contributed by atoms with E-state index in [1.165, 1.54) is 18.2 Å². The molecule has 0 aliphatic rings. The maximum absolute atomic E-state index is 13.0. The molecule has 154 valence electrons. The van der Waals surface area contributed by atoms with Gasteiger partial charge < -0.3 is 5.73 Å². The van der Waals surface area contributed by atoms with Crippen LogP contribution in [0.1, 0.15) is 11.3 Å². The van der Waals surface area contributed by atoms with Crippen molar-refractivity contribution in [3.63, 3.8) is 0 Å². The number of benzene rings is 2. The molecule has 0 radical (unpaired) electrons. The first-order chi connectivity index (χ1) is 14.0. The van der Waals surface area contributed by atoms with Crippen molar-refractivity contribution in [1.29, 1.82) is 5.26 Å². The van der Waals surface area contributed by atoms with Gasteiger partial charge in [-0.05, 0) is 18.2 Å². The highest BCUT2D eigenvalue weighted by Gasteiger charge is 2.33. The molecule has 0 saturated heterocycles. The lowest BCUT2D eigenvalue weighted by molar-refractivity contribution is -0.385. The molecule has 0 spiro atoms. The van der Waals surface area contributed by atoms with Gasteiger partial charge in [0.15, 0.2) is 5.69 Å². The van der Waals surface area contributed by atoms with E-state index in [1.54, 1.807) is 6.07 Å². The summed E-state index contributed by atoms with van der Waals surface area (Å²) in [5.41, 5.74) is 4.56. The number of halogens is 5. The number of nitrogen functional groups attached to an aromatic ring is 1. The topological polar surface area (TPSA) is 111 Å². The molecule has 0 unspecified atom stereocenters. The number of nitro groups is 1. The molecule has 0 atom stereocenters. The van der Waals surface area contributed by atoms with Crippen LogP contribution in [0.3, 0.4) is 0 Å². The molecule has 0 saturated carbocycles. The van der Waals surface area contributed by atoms with E-state index in [9.17, 15) is 28.5 Å². The molecule has 2 aromatic carbocycles. The number of aromatic nitrogens is 2. The highest BCUT2D eigenvalue weighted by molar-refractivity contribution is 7.99. The van der Waals surface area contributed by atoms with Crippen LogP contribution < -0.4 is 5.73 Å². The Kier molecular flexibility index (Phi) is 5.85. The van der Waals surface area contributed by atoms with Crippen molar-refractivity contribution in [2.75, 3.05) is 5.73 Å². The van der Waals surface area contributed by atoms with Gasteiger partial charge >= 0.3 is 6.18 Å². The van der Waals surface area contributed by atoms with E-state index in [2.05, 4.69) is 5.10 Å². The van der Waals surface area contributed by atoms with Gasteiger partial charge in [-0.15, -0.1) is 0 Å². The zero-order chi connectivity index (χ0) is 22.2. The van der Waals surface area contributed by atoms with E-state index in [1.807, 2.05) is 6.07 Å². The Bertz CT molecular complexity index is 1180. The van der Waals surface area contributed by atoms with Gasteiger partial charge in [-0.25, -0.2) is 4.68 Å². The minimum atomic E-state index is -4.66. The second-order valence-electron chi connectivity index (χ2n) is 5.73. The van der Waals surface area contributed by atoms with Gasteiger partial charge in [0.05, 0.1) is 25.4 Å². The summed E-state index contributed by atoms with van der Waals surface area (Å²) < 4.78 is 39.8. The summed E-state index contributed by atoms with van der Waals surface area (Å²) in [6.07, 6.45) is -4.66. The summed E-state index contributed by atoms with van der Waals surface area (Å²) in [6, 6.07) is 8.76. The fourth-order valence-corrected chi connectivity index (χ4v) is 4.05. The molecular weight excluding hydrogens is 466 g/mol. The lowest BCUT2D eigenvalue weighted by Crippen LogP contribution is -2.08. The van der Waals surface area contributed by atoms with E-state index in [-0.39, 0.29) is 37.8 Å². The molecule has 13 heteroatoms. The quantitative estimate of drug-likeness (QED) is 0.383. The lowest BCUT2D eigenvalue weighted by Gasteiger charge is -2.13. The van der Waals surface area contributed by atoms with Gasteiger partial charge in [-0.3, -0.25) is 10.1 Å². The largest absolute Gasteiger partial charge is 0.416 e. The number of hydrogen-bond acceptors (Lipinski definition) is 6. The molecule has 3 rings (SSSR count). The van der Waals surface area contributed by atoms with Gasteiger partial charge in [0.25, 0.3) is 5.69 Å². The van der Waals surface area contributed by atoms with Crippen LogP contribution in [0.4, 0.5) is 24.7 Å². The first kappa shape index (κ1) is 21.8. The number of nitro benzene ring substituents is 1. The summed E-state index contributed by atoms with van der Waals surface area (Å²) in [5, 5.41) is 23.6. The first-order valence-electron chi connectivity index (χ1n) is 7.80. The van der Waals surface area contributed by atoms with E-state index >= 15 is 0 Å². The lowest BCUT2D eigenvalue weighted by atomic mass is 10.2. The van der Waals surface area contributed by atoms with Crippen molar-refractivity contribution in [3.8, 4) is 11.8 Å². The third-order valence-electron chi connectivity index (χ3n) is 3.79. The molecule has 0 fully saturated rings. The van der Waals surface area contributed by atoms with Crippen molar-refractivity contribution in [2.45, 2.75) is 16.0 Å². The van der Waals surface area contributed by atoms with Gasteiger partial charge in [-0.2, -0.15) is 23.5 Å². The summed E-state index contributed by atoms with van der Waals surface area (Å²) in [7, 11) is 0. The molecule has 1 aromatic heterocycles. The Morgan fingerprint density at radius 2 is 1.87 bits per heavy atom. The number of nitrogens with zero attached hydrogens (tertiary/aromatic N) is 4.